The maximum atomic E-state index is 10.6. The summed E-state index contributed by atoms with van der Waals surface area (Å²) in [5.41, 5.74) is 0.704. The number of nitrogens with zero attached hydrogens (tertiary/aromatic N) is 1. The van der Waals surface area contributed by atoms with Gasteiger partial charge in [-0.15, -0.1) is 0 Å². The fourth-order valence-corrected chi connectivity index (χ4v) is 0.897. The van der Waals surface area contributed by atoms with E-state index in [0.29, 0.717) is 12.1 Å². The van der Waals surface area contributed by atoms with Gasteiger partial charge >= 0.3 is 5.97 Å². The molecule has 1 heterocycles. The van der Waals surface area contributed by atoms with Crippen LogP contribution in [0.25, 0.3) is 6.08 Å². The molecule has 0 aliphatic heterocycles. The van der Waals surface area contributed by atoms with Crippen LogP contribution in [-0.4, -0.2) is 34.9 Å². The number of carboxylic acid groups (broad SMARTS) is 1. The zero-order valence-corrected chi connectivity index (χ0v) is 7.24. The van der Waals surface area contributed by atoms with Crippen molar-refractivity contribution >= 4 is 12.0 Å². The number of likely N-dealkylation sites (N-methyl/N-ethyl adjacent to an activating group) is 1. The lowest BCUT2D eigenvalue weighted by Gasteiger charge is -1.90. The van der Waals surface area contributed by atoms with Crippen molar-refractivity contribution in [2.45, 2.75) is 0 Å². The minimum absolute atomic E-state index is 0.118. The van der Waals surface area contributed by atoms with Crippen molar-refractivity contribution in [2.24, 2.45) is 0 Å². The Morgan fingerprint density at radius 3 is 3.23 bits per heavy atom. The summed E-state index contributed by atoms with van der Waals surface area (Å²) in [6.45, 7) is 0.699. The first-order valence-corrected chi connectivity index (χ1v) is 3.83. The fourth-order valence-electron chi connectivity index (χ4n) is 0.897. The lowest BCUT2D eigenvalue weighted by Crippen LogP contribution is -2.04. The van der Waals surface area contributed by atoms with E-state index in [2.05, 4.69) is 15.5 Å². The third-order valence-electron chi connectivity index (χ3n) is 1.50. The zero-order valence-electron chi connectivity index (χ0n) is 7.24. The second-order valence-corrected chi connectivity index (χ2v) is 2.47. The fraction of sp³-hybridized carbons (Fsp3) is 0.250. The first-order valence-electron chi connectivity index (χ1n) is 3.83. The highest BCUT2D eigenvalue weighted by molar-refractivity contribution is 5.89. The van der Waals surface area contributed by atoms with Gasteiger partial charge < -0.3 is 10.4 Å². The Morgan fingerprint density at radius 2 is 2.62 bits per heavy atom. The van der Waals surface area contributed by atoms with Crippen LogP contribution in [0.3, 0.4) is 0 Å². The molecular weight excluding hydrogens is 170 g/mol. The maximum Gasteiger partial charge on any atom is 0.354 e. The van der Waals surface area contributed by atoms with Crippen molar-refractivity contribution in [1.29, 1.82) is 0 Å². The van der Waals surface area contributed by atoms with E-state index in [4.69, 9.17) is 5.11 Å². The standard InChI is InChI=1S/C8H11N3O2/c1-9-4-2-3-6-5-10-11-7(6)8(12)13/h2-3,5,9H,4H2,1H3,(H,10,11)(H,12,13). The van der Waals surface area contributed by atoms with Crippen LogP contribution in [0.4, 0.5) is 0 Å². The van der Waals surface area contributed by atoms with Crippen molar-refractivity contribution in [2.75, 3.05) is 13.6 Å². The normalized spacial score (nSPS) is 10.8. The van der Waals surface area contributed by atoms with Gasteiger partial charge in [-0.2, -0.15) is 5.10 Å². The summed E-state index contributed by atoms with van der Waals surface area (Å²) in [5.74, 6) is -0.999. The molecule has 0 saturated heterocycles. The summed E-state index contributed by atoms with van der Waals surface area (Å²) in [7, 11) is 1.82. The van der Waals surface area contributed by atoms with Crippen molar-refractivity contribution in [1.82, 2.24) is 15.5 Å². The van der Waals surface area contributed by atoms with E-state index in [-0.39, 0.29) is 5.69 Å². The van der Waals surface area contributed by atoms with Gasteiger partial charge in [0.1, 0.15) is 0 Å². The molecule has 0 aromatic carbocycles. The first-order chi connectivity index (χ1) is 6.25. The van der Waals surface area contributed by atoms with Gasteiger partial charge in [0.25, 0.3) is 0 Å². The van der Waals surface area contributed by atoms with E-state index in [9.17, 15) is 4.79 Å². The molecule has 0 aliphatic rings. The Bertz CT molecular complexity index is 317. The third kappa shape index (κ3) is 2.41. The van der Waals surface area contributed by atoms with Gasteiger partial charge in [-0.1, -0.05) is 12.2 Å². The smallest absolute Gasteiger partial charge is 0.354 e. The van der Waals surface area contributed by atoms with Gasteiger partial charge in [-0.05, 0) is 7.05 Å². The molecule has 0 amide bonds. The molecule has 0 saturated carbocycles. The number of carbonyl (C=O) groups is 1. The van der Waals surface area contributed by atoms with Crippen LogP contribution in [0.1, 0.15) is 16.1 Å². The minimum Gasteiger partial charge on any atom is -0.477 e. The van der Waals surface area contributed by atoms with Crippen LogP contribution in [0.15, 0.2) is 12.3 Å². The number of hydrogen-bond donors (Lipinski definition) is 3. The summed E-state index contributed by atoms with van der Waals surface area (Å²) < 4.78 is 0. The third-order valence-corrected chi connectivity index (χ3v) is 1.50. The van der Waals surface area contributed by atoms with E-state index >= 15 is 0 Å². The number of aromatic nitrogens is 2. The topological polar surface area (TPSA) is 78.0 Å². The molecule has 1 rings (SSSR count). The van der Waals surface area contributed by atoms with Crippen LogP contribution in [0.2, 0.25) is 0 Å². The molecule has 1 aromatic rings. The second-order valence-electron chi connectivity index (χ2n) is 2.47. The van der Waals surface area contributed by atoms with Gasteiger partial charge in [-0.25, -0.2) is 4.79 Å². The Kier molecular flexibility index (Phi) is 3.22. The summed E-state index contributed by atoms with van der Waals surface area (Å²) >= 11 is 0. The van der Waals surface area contributed by atoms with Crippen molar-refractivity contribution in [3.8, 4) is 0 Å². The first kappa shape index (κ1) is 9.47. The van der Waals surface area contributed by atoms with Gasteiger partial charge in [0, 0.05) is 12.1 Å². The predicted molar refractivity (Wildman–Crippen MR) is 48.5 cm³/mol. The number of H-pyrrole nitrogens is 1. The lowest BCUT2D eigenvalue weighted by molar-refractivity contribution is 0.0690. The Labute approximate surface area is 75.5 Å². The molecule has 0 bridgehead atoms. The van der Waals surface area contributed by atoms with E-state index in [0.717, 1.165) is 0 Å². The molecule has 0 radical (unpaired) electrons. The van der Waals surface area contributed by atoms with E-state index in [1.165, 1.54) is 6.20 Å². The minimum atomic E-state index is -0.999. The summed E-state index contributed by atoms with van der Waals surface area (Å²) in [4.78, 5) is 10.6. The summed E-state index contributed by atoms with van der Waals surface area (Å²) in [5, 5.41) is 17.7. The molecule has 0 atom stereocenters. The van der Waals surface area contributed by atoms with Crippen LogP contribution >= 0.6 is 0 Å². The van der Waals surface area contributed by atoms with Crippen LogP contribution in [-0.2, 0) is 0 Å². The SMILES string of the molecule is CNCC=Cc1cn[nH]c1C(=O)O. The van der Waals surface area contributed by atoms with Crippen LogP contribution in [0, 0.1) is 0 Å². The van der Waals surface area contributed by atoms with E-state index < -0.39 is 5.97 Å². The Balaban J connectivity index is 2.76. The molecule has 0 fully saturated rings. The molecular formula is C8H11N3O2. The number of rotatable bonds is 4. The molecule has 3 N–H and O–H groups in total. The predicted octanol–water partition coefficient (Wildman–Crippen LogP) is 0.340. The average molecular weight is 181 g/mol. The monoisotopic (exact) mass is 181 g/mol. The molecule has 0 unspecified atom stereocenters. The van der Waals surface area contributed by atoms with Crippen molar-refractivity contribution in [3.63, 3.8) is 0 Å². The van der Waals surface area contributed by atoms with Gasteiger partial charge in [0.15, 0.2) is 5.69 Å². The van der Waals surface area contributed by atoms with Crippen molar-refractivity contribution in [3.05, 3.63) is 23.5 Å². The number of hydrogen-bond acceptors (Lipinski definition) is 3. The summed E-state index contributed by atoms with van der Waals surface area (Å²) in [6.07, 6.45) is 5.02. The molecule has 0 spiro atoms. The number of carboxylic acids is 1. The van der Waals surface area contributed by atoms with Crippen molar-refractivity contribution < 1.29 is 9.90 Å². The van der Waals surface area contributed by atoms with Gasteiger partial charge in [0.2, 0.25) is 0 Å². The van der Waals surface area contributed by atoms with Crippen LogP contribution < -0.4 is 5.32 Å². The molecule has 13 heavy (non-hydrogen) atoms. The lowest BCUT2D eigenvalue weighted by atomic mass is 10.2. The molecule has 0 aliphatic carbocycles. The molecule has 5 heteroatoms. The largest absolute Gasteiger partial charge is 0.477 e. The second kappa shape index (κ2) is 4.42. The average Bonchev–Trinajstić information content (AvgIpc) is 2.53. The zero-order chi connectivity index (χ0) is 9.68. The van der Waals surface area contributed by atoms with Crippen LogP contribution in [0.5, 0.6) is 0 Å². The quantitative estimate of drug-likeness (QED) is 0.626. The molecule has 5 nitrogen and oxygen atoms in total. The number of nitrogens with one attached hydrogen (secondary N) is 2. The molecule has 70 valence electrons. The number of aromatic amines is 1. The highest BCUT2D eigenvalue weighted by Crippen LogP contribution is 2.05. The Hall–Kier alpha value is -1.62. The van der Waals surface area contributed by atoms with Gasteiger partial charge in [-0.3, -0.25) is 5.10 Å². The summed E-state index contributed by atoms with van der Waals surface area (Å²) in [6, 6.07) is 0. The van der Waals surface area contributed by atoms with Gasteiger partial charge in [0.05, 0.1) is 6.20 Å². The molecule has 1 aromatic heterocycles. The Morgan fingerprint density at radius 1 is 1.85 bits per heavy atom. The van der Waals surface area contributed by atoms with E-state index in [1.807, 2.05) is 13.1 Å². The van der Waals surface area contributed by atoms with E-state index in [1.54, 1.807) is 6.08 Å². The highest BCUT2D eigenvalue weighted by Gasteiger charge is 2.08. The number of aromatic carboxylic acids is 1. The maximum absolute atomic E-state index is 10.6. The highest BCUT2D eigenvalue weighted by atomic mass is 16.4.